The summed E-state index contributed by atoms with van der Waals surface area (Å²) in [6, 6.07) is 12.4. The average molecular weight is 377 g/mol. The van der Waals surface area contributed by atoms with Crippen LogP contribution in [0.15, 0.2) is 42.5 Å². The molecule has 1 unspecified atom stereocenters. The predicted octanol–water partition coefficient (Wildman–Crippen LogP) is 3.10. The highest BCUT2D eigenvalue weighted by Gasteiger charge is 2.18. The van der Waals surface area contributed by atoms with E-state index in [9.17, 15) is 9.59 Å². The van der Waals surface area contributed by atoms with Crippen molar-refractivity contribution in [3.63, 3.8) is 0 Å². The molecule has 6 nitrogen and oxygen atoms in total. The molecule has 0 bridgehead atoms. The number of halogens is 1. The third-order valence-corrected chi connectivity index (χ3v) is 4.24. The summed E-state index contributed by atoms with van der Waals surface area (Å²) in [5.74, 6) is -0.845. The Bertz CT molecular complexity index is 795. The van der Waals surface area contributed by atoms with Crippen LogP contribution in [0.25, 0.3) is 0 Å². The van der Waals surface area contributed by atoms with E-state index < -0.39 is 17.9 Å². The zero-order valence-corrected chi connectivity index (χ0v) is 15.6. The number of hydrogen-bond acceptors (Lipinski definition) is 4. The molecule has 7 heteroatoms. The average Bonchev–Trinajstić information content (AvgIpc) is 2.65. The Hall–Kier alpha value is -2.57. The van der Waals surface area contributed by atoms with E-state index in [1.54, 1.807) is 25.3 Å². The normalized spacial score (nSPS) is 11.5. The third-order valence-electron chi connectivity index (χ3n) is 3.83. The molecule has 0 saturated carbocycles. The molecule has 0 aliphatic rings. The lowest BCUT2D eigenvalue weighted by atomic mass is 10.1. The fourth-order valence-electron chi connectivity index (χ4n) is 2.30. The zero-order chi connectivity index (χ0) is 19.1. The first-order chi connectivity index (χ1) is 12.4. The predicted molar refractivity (Wildman–Crippen MR) is 101 cm³/mol. The van der Waals surface area contributed by atoms with Gasteiger partial charge < -0.3 is 20.1 Å². The molecule has 0 spiro atoms. The number of hydrogen-bond donors (Lipinski definition) is 2. The Kier molecular flexibility index (Phi) is 7.00. The number of methoxy groups -OCH3 is 2. The summed E-state index contributed by atoms with van der Waals surface area (Å²) in [7, 11) is 3.11. The first kappa shape index (κ1) is 19.8. The van der Waals surface area contributed by atoms with E-state index in [4.69, 9.17) is 21.1 Å². The topological polar surface area (TPSA) is 76.7 Å². The Morgan fingerprint density at radius 2 is 1.88 bits per heavy atom. The summed E-state index contributed by atoms with van der Waals surface area (Å²) in [4.78, 5) is 24.1. The first-order valence-electron chi connectivity index (χ1n) is 7.96. The van der Waals surface area contributed by atoms with Gasteiger partial charge in [0.25, 0.3) is 0 Å². The number of carbonyl (C=O) groups excluding carboxylic acids is 2. The number of benzene rings is 2. The molecule has 0 aliphatic carbocycles. The maximum atomic E-state index is 12.0. The van der Waals surface area contributed by atoms with Crippen molar-refractivity contribution in [1.82, 2.24) is 5.32 Å². The molecule has 2 amide bonds. The Morgan fingerprint density at radius 3 is 2.54 bits per heavy atom. The van der Waals surface area contributed by atoms with Crippen molar-refractivity contribution in [3.05, 3.63) is 58.6 Å². The van der Waals surface area contributed by atoms with Gasteiger partial charge in [-0.2, -0.15) is 0 Å². The van der Waals surface area contributed by atoms with Gasteiger partial charge in [0.2, 0.25) is 0 Å². The number of carbonyl (C=O) groups is 2. The number of anilines is 1. The second-order valence-electron chi connectivity index (χ2n) is 5.63. The minimum atomic E-state index is -0.773. The van der Waals surface area contributed by atoms with E-state index in [2.05, 4.69) is 10.6 Å². The van der Waals surface area contributed by atoms with Crippen molar-refractivity contribution in [1.29, 1.82) is 0 Å². The van der Waals surface area contributed by atoms with Gasteiger partial charge in [0.1, 0.15) is 5.75 Å². The Labute approximate surface area is 157 Å². The second-order valence-corrected chi connectivity index (χ2v) is 6.04. The minimum Gasteiger partial charge on any atom is -0.497 e. The van der Waals surface area contributed by atoms with Gasteiger partial charge in [0.15, 0.2) is 0 Å². The minimum absolute atomic E-state index is 0.143. The molecule has 0 radical (unpaired) electrons. The van der Waals surface area contributed by atoms with E-state index in [0.717, 1.165) is 11.1 Å². The van der Waals surface area contributed by atoms with Gasteiger partial charge in [-0.1, -0.05) is 29.8 Å². The van der Waals surface area contributed by atoms with Crippen LogP contribution in [-0.4, -0.2) is 32.6 Å². The van der Waals surface area contributed by atoms with Gasteiger partial charge in [-0.15, -0.1) is 0 Å². The summed E-state index contributed by atoms with van der Waals surface area (Å²) < 4.78 is 10.6. The standard InChI is InChI=1S/C19H21ClN2O4/c1-12-7-8-14(10-16(12)20)22-19(24)18(23)21-11-17(26-3)13-5-4-6-15(9-13)25-2/h4-10,17H,11H2,1-3H3,(H,21,23)(H,22,24). The SMILES string of the molecule is COc1cccc(C(CNC(=O)C(=O)Nc2ccc(C)c(Cl)c2)OC)c1. The van der Waals surface area contributed by atoms with Crippen LogP contribution in [-0.2, 0) is 14.3 Å². The highest BCUT2D eigenvalue weighted by Crippen LogP contribution is 2.21. The molecule has 0 heterocycles. The largest absolute Gasteiger partial charge is 0.497 e. The van der Waals surface area contributed by atoms with E-state index in [1.807, 2.05) is 31.2 Å². The summed E-state index contributed by atoms with van der Waals surface area (Å²) in [5, 5.41) is 5.59. The fraction of sp³-hybridized carbons (Fsp3) is 0.263. The smallest absolute Gasteiger partial charge is 0.313 e. The van der Waals surface area contributed by atoms with Gasteiger partial charge in [-0.3, -0.25) is 9.59 Å². The number of aryl methyl sites for hydroxylation is 1. The molecule has 2 aromatic carbocycles. The summed E-state index contributed by atoms with van der Waals surface area (Å²) in [6.45, 7) is 1.99. The molecule has 0 saturated heterocycles. The second kappa shape index (κ2) is 9.22. The van der Waals surface area contributed by atoms with E-state index in [-0.39, 0.29) is 6.54 Å². The maximum absolute atomic E-state index is 12.0. The van der Waals surface area contributed by atoms with Crippen LogP contribution < -0.4 is 15.4 Å². The van der Waals surface area contributed by atoms with Crippen molar-refractivity contribution in [2.24, 2.45) is 0 Å². The summed E-state index contributed by atoms with van der Waals surface area (Å²) in [6.07, 6.45) is -0.407. The van der Waals surface area contributed by atoms with Crippen LogP contribution in [0.5, 0.6) is 5.75 Å². The van der Waals surface area contributed by atoms with Crippen LogP contribution in [0.2, 0.25) is 5.02 Å². The number of rotatable bonds is 6. The highest BCUT2D eigenvalue weighted by molar-refractivity contribution is 6.39. The monoisotopic (exact) mass is 376 g/mol. The van der Waals surface area contributed by atoms with E-state index in [1.165, 1.54) is 7.11 Å². The molecule has 26 heavy (non-hydrogen) atoms. The van der Waals surface area contributed by atoms with Crippen molar-refractivity contribution >= 4 is 29.1 Å². The van der Waals surface area contributed by atoms with E-state index >= 15 is 0 Å². The number of nitrogens with one attached hydrogen (secondary N) is 2. The molecular formula is C19H21ClN2O4. The molecule has 2 rings (SSSR count). The van der Waals surface area contributed by atoms with Crippen molar-refractivity contribution in [2.45, 2.75) is 13.0 Å². The van der Waals surface area contributed by atoms with Crippen LogP contribution in [0, 0.1) is 6.92 Å². The zero-order valence-electron chi connectivity index (χ0n) is 14.8. The summed E-state index contributed by atoms with van der Waals surface area (Å²) >= 11 is 6.01. The molecule has 138 valence electrons. The molecule has 1 atom stereocenters. The molecule has 2 aromatic rings. The van der Waals surface area contributed by atoms with Crippen LogP contribution in [0.4, 0.5) is 5.69 Å². The van der Waals surface area contributed by atoms with Gasteiger partial charge in [-0.25, -0.2) is 0 Å². The quantitative estimate of drug-likeness (QED) is 0.759. The third kappa shape index (κ3) is 5.21. The lowest BCUT2D eigenvalue weighted by Gasteiger charge is -2.17. The summed E-state index contributed by atoms with van der Waals surface area (Å²) in [5.41, 5.74) is 2.17. The molecule has 0 fully saturated rings. The Balaban J connectivity index is 1.94. The maximum Gasteiger partial charge on any atom is 0.313 e. The lowest BCUT2D eigenvalue weighted by molar-refractivity contribution is -0.136. The van der Waals surface area contributed by atoms with Crippen LogP contribution in [0.1, 0.15) is 17.2 Å². The van der Waals surface area contributed by atoms with Gasteiger partial charge in [0.05, 0.1) is 13.2 Å². The lowest BCUT2D eigenvalue weighted by Crippen LogP contribution is -2.38. The van der Waals surface area contributed by atoms with Crippen molar-refractivity contribution < 1.29 is 19.1 Å². The molecule has 0 aromatic heterocycles. The fourth-order valence-corrected chi connectivity index (χ4v) is 2.48. The highest BCUT2D eigenvalue weighted by atomic mass is 35.5. The van der Waals surface area contributed by atoms with Gasteiger partial charge in [0, 0.05) is 24.4 Å². The van der Waals surface area contributed by atoms with Gasteiger partial charge >= 0.3 is 11.8 Å². The van der Waals surface area contributed by atoms with Crippen molar-refractivity contribution in [2.75, 3.05) is 26.1 Å². The molecule has 2 N–H and O–H groups in total. The molecular weight excluding hydrogens is 356 g/mol. The number of amides is 2. The first-order valence-corrected chi connectivity index (χ1v) is 8.34. The van der Waals surface area contributed by atoms with Gasteiger partial charge in [-0.05, 0) is 42.3 Å². The van der Waals surface area contributed by atoms with E-state index in [0.29, 0.717) is 16.5 Å². The van der Waals surface area contributed by atoms with Crippen molar-refractivity contribution in [3.8, 4) is 5.75 Å². The Morgan fingerprint density at radius 1 is 1.12 bits per heavy atom. The van der Waals surface area contributed by atoms with Crippen LogP contribution >= 0.6 is 11.6 Å². The molecule has 0 aliphatic heterocycles. The number of ether oxygens (including phenoxy) is 2. The van der Waals surface area contributed by atoms with Crippen LogP contribution in [0.3, 0.4) is 0 Å².